The zero-order valence-electron chi connectivity index (χ0n) is 10.4. The van der Waals surface area contributed by atoms with Crippen LogP contribution in [0.2, 0.25) is 0 Å². The number of aromatic nitrogens is 1. The summed E-state index contributed by atoms with van der Waals surface area (Å²) in [7, 11) is 0. The van der Waals surface area contributed by atoms with Gasteiger partial charge in [-0.25, -0.2) is 0 Å². The molecule has 19 heavy (non-hydrogen) atoms. The van der Waals surface area contributed by atoms with Gasteiger partial charge in [0.05, 0.1) is 23.8 Å². The first-order chi connectivity index (χ1) is 9.20. The van der Waals surface area contributed by atoms with Crippen molar-refractivity contribution in [2.24, 2.45) is 0 Å². The molecule has 0 unspecified atom stereocenters. The molecule has 0 aliphatic rings. The third-order valence-corrected chi connectivity index (χ3v) is 3.13. The molecule has 1 aromatic heterocycles. The smallest absolute Gasteiger partial charge is 0.129 e. The fraction of sp³-hybridized carbons (Fsp3) is 0.133. The van der Waals surface area contributed by atoms with Gasteiger partial charge in [-0.3, -0.25) is 0 Å². The normalized spacial score (nSPS) is 11.0. The molecular formula is C15H12NO3-. The minimum absolute atomic E-state index is 0.0776. The van der Waals surface area contributed by atoms with Crippen molar-refractivity contribution in [3.63, 3.8) is 0 Å². The number of carbonyl (C=O) groups is 1. The third-order valence-electron chi connectivity index (χ3n) is 3.13. The molecule has 0 radical (unpaired) electrons. The van der Waals surface area contributed by atoms with Crippen molar-refractivity contribution in [2.45, 2.75) is 6.92 Å². The molecule has 0 saturated heterocycles. The highest BCUT2D eigenvalue weighted by Gasteiger charge is 2.10. The summed E-state index contributed by atoms with van der Waals surface area (Å²) in [6, 6.07) is 11.2. The van der Waals surface area contributed by atoms with E-state index in [9.17, 15) is 9.90 Å². The number of nitrogens with one attached hydrogen (secondary N) is 1. The van der Waals surface area contributed by atoms with Crippen LogP contribution in [0.4, 0.5) is 0 Å². The molecule has 4 heteroatoms. The van der Waals surface area contributed by atoms with Gasteiger partial charge in [-0.2, -0.15) is 0 Å². The SMILES string of the molecule is CCOc1cc2[nH]c(C(=O)[O-])cc2c2ccccc12. The lowest BCUT2D eigenvalue weighted by molar-refractivity contribution is -0.255. The summed E-state index contributed by atoms with van der Waals surface area (Å²) >= 11 is 0. The Kier molecular flexibility index (Phi) is 2.63. The van der Waals surface area contributed by atoms with E-state index in [1.165, 1.54) is 0 Å². The van der Waals surface area contributed by atoms with Crippen LogP contribution < -0.4 is 9.84 Å². The maximum absolute atomic E-state index is 10.9. The molecule has 0 bridgehead atoms. The molecule has 3 aromatic rings. The van der Waals surface area contributed by atoms with E-state index in [-0.39, 0.29) is 5.69 Å². The van der Waals surface area contributed by atoms with E-state index in [4.69, 9.17) is 4.74 Å². The minimum atomic E-state index is -1.21. The zero-order valence-corrected chi connectivity index (χ0v) is 10.4. The van der Waals surface area contributed by atoms with Gasteiger partial charge in [0.2, 0.25) is 0 Å². The first-order valence-electron chi connectivity index (χ1n) is 6.09. The molecule has 2 aromatic carbocycles. The fourth-order valence-corrected chi connectivity index (χ4v) is 2.33. The molecular weight excluding hydrogens is 242 g/mol. The molecule has 0 aliphatic carbocycles. The van der Waals surface area contributed by atoms with Crippen molar-refractivity contribution in [1.82, 2.24) is 4.98 Å². The van der Waals surface area contributed by atoms with Crippen molar-refractivity contribution in [3.05, 3.63) is 42.1 Å². The summed E-state index contributed by atoms with van der Waals surface area (Å²) in [6.07, 6.45) is 0. The molecule has 96 valence electrons. The monoisotopic (exact) mass is 254 g/mol. The van der Waals surface area contributed by atoms with Crippen LogP contribution >= 0.6 is 0 Å². The molecule has 3 rings (SSSR count). The average Bonchev–Trinajstić information content (AvgIpc) is 2.83. The molecule has 0 aliphatic heterocycles. The Hall–Kier alpha value is -2.49. The molecule has 0 fully saturated rings. The highest BCUT2D eigenvalue weighted by atomic mass is 16.5. The van der Waals surface area contributed by atoms with Crippen LogP contribution in [0.1, 0.15) is 17.4 Å². The zero-order chi connectivity index (χ0) is 13.4. The van der Waals surface area contributed by atoms with Gasteiger partial charge in [0.25, 0.3) is 0 Å². The Morgan fingerprint density at radius 3 is 2.63 bits per heavy atom. The van der Waals surface area contributed by atoms with Crippen LogP contribution in [0.15, 0.2) is 36.4 Å². The predicted octanol–water partition coefficient (Wildman–Crippen LogP) is 2.08. The van der Waals surface area contributed by atoms with E-state index >= 15 is 0 Å². The molecule has 4 nitrogen and oxygen atoms in total. The lowest BCUT2D eigenvalue weighted by atomic mass is 10.1. The van der Waals surface area contributed by atoms with Crippen molar-refractivity contribution in [2.75, 3.05) is 6.61 Å². The number of aromatic amines is 1. The maximum atomic E-state index is 10.9. The predicted molar refractivity (Wildman–Crippen MR) is 71.3 cm³/mol. The van der Waals surface area contributed by atoms with Gasteiger partial charge < -0.3 is 19.6 Å². The second-order valence-corrected chi connectivity index (χ2v) is 4.29. The highest BCUT2D eigenvalue weighted by Crippen LogP contribution is 2.33. The van der Waals surface area contributed by atoms with Gasteiger partial charge in [0.1, 0.15) is 5.75 Å². The maximum Gasteiger partial charge on any atom is 0.129 e. The number of H-pyrrole nitrogens is 1. The molecule has 1 N–H and O–H groups in total. The lowest BCUT2D eigenvalue weighted by Crippen LogP contribution is -2.22. The molecule has 0 amide bonds. The summed E-state index contributed by atoms with van der Waals surface area (Å²) in [5, 5.41) is 13.7. The van der Waals surface area contributed by atoms with Gasteiger partial charge in [-0.15, -0.1) is 0 Å². The lowest BCUT2D eigenvalue weighted by Gasteiger charge is -2.08. The summed E-state index contributed by atoms with van der Waals surface area (Å²) < 4.78 is 5.61. The van der Waals surface area contributed by atoms with Crippen molar-refractivity contribution in [3.8, 4) is 5.75 Å². The standard InChI is InChI=1S/C15H13NO3/c1-2-19-14-8-12-11(7-13(16-12)15(17)18)9-5-3-4-6-10(9)14/h3-8,16H,2H2,1H3,(H,17,18)/p-1. The second kappa shape index (κ2) is 4.31. The van der Waals surface area contributed by atoms with Crippen molar-refractivity contribution >= 4 is 27.6 Å². The number of hydrogen-bond donors (Lipinski definition) is 1. The number of ether oxygens (including phenoxy) is 1. The van der Waals surface area contributed by atoms with Crippen LogP contribution in [0.3, 0.4) is 0 Å². The van der Waals surface area contributed by atoms with Gasteiger partial charge in [-0.05, 0) is 18.4 Å². The number of benzene rings is 2. The summed E-state index contributed by atoms with van der Waals surface area (Å²) in [5.41, 5.74) is 0.815. The Bertz CT molecular complexity index is 774. The van der Waals surface area contributed by atoms with Gasteiger partial charge in [-0.1, -0.05) is 24.3 Å². The highest BCUT2D eigenvalue weighted by molar-refractivity contribution is 6.11. The van der Waals surface area contributed by atoms with E-state index in [1.54, 1.807) is 6.07 Å². The van der Waals surface area contributed by atoms with E-state index in [1.807, 2.05) is 37.3 Å². The van der Waals surface area contributed by atoms with Crippen molar-refractivity contribution < 1.29 is 14.6 Å². The average molecular weight is 254 g/mol. The van der Waals surface area contributed by atoms with E-state index < -0.39 is 5.97 Å². The first-order valence-corrected chi connectivity index (χ1v) is 6.09. The van der Waals surface area contributed by atoms with Gasteiger partial charge in [0.15, 0.2) is 0 Å². The van der Waals surface area contributed by atoms with Crippen LogP contribution in [-0.2, 0) is 0 Å². The van der Waals surface area contributed by atoms with E-state index in [2.05, 4.69) is 4.98 Å². The number of aromatic carboxylic acids is 1. The number of hydrogen-bond acceptors (Lipinski definition) is 3. The molecule has 0 atom stereocenters. The number of carboxylic acids is 1. The topological polar surface area (TPSA) is 65.2 Å². The van der Waals surface area contributed by atoms with Crippen molar-refractivity contribution in [1.29, 1.82) is 0 Å². The van der Waals surface area contributed by atoms with Crippen LogP contribution in [0, 0.1) is 0 Å². The Labute approximate surface area is 109 Å². The van der Waals surface area contributed by atoms with Crippen LogP contribution in [-0.4, -0.2) is 17.6 Å². The summed E-state index contributed by atoms with van der Waals surface area (Å²) in [6.45, 7) is 2.48. The second-order valence-electron chi connectivity index (χ2n) is 4.29. The van der Waals surface area contributed by atoms with Gasteiger partial charge in [0, 0.05) is 16.8 Å². The Balaban J connectivity index is 2.39. The molecule has 0 saturated carbocycles. The van der Waals surface area contributed by atoms with Gasteiger partial charge >= 0.3 is 0 Å². The number of carboxylic acid groups (broad SMARTS) is 1. The Morgan fingerprint density at radius 1 is 1.21 bits per heavy atom. The number of rotatable bonds is 3. The van der Waals surface area contributed by atoms with E-state index in [0.29, 0.717) is 6.61 Å². The minimum Gasteiger partial charge on any atom is -0.543 e. The summed E-state index contributed by atoms with van der Waals surface area (Å²) in [5.74, 6) is -0.462. The first kappa shape index (κ1) is 11.6. The molecule has 0 spiro atoms. The summed E-state index contributed by atoms with van der Waals surface area (Å²) in [4.78, 5) is 13.8. The largest absolute Gasteiger partial charge is 0.543 e. The van der Waals surface area contributed by atoms with Crippen LogP contribution in [0.25, 0.3) is 21.7 Å². The number of carbonyl (C=O) groups excluding carboxylic acids is 1. The quantitative estimate of drug-likeness (QED) is 0.778. The van der Waals surface area contributed by atoms with Crippen LogP contribution in [0.5, 0.6) is 5.75 Å². The Morgan fingerprint density at radius 2 is 1.95 bits per heavy atom. The third kappa shape index (κ3) is 1.81. The van der Waals surface area contributed by atoms with E-state index in [0.717, 1.165) is 27.4 Å². The fourth-order valence-electron chi connectivity index (χ4n) is 2.33. The number of fused-ring (bicyclic) bond motifs is 3. The molecule has 1 heterocycles.